The van der Waals surface area contributed by atoms with E-state index in [1.54, 1.807) is 18.5 Å². The van der Waals surface area contributed by atoms with Gasteiger partial charge in [-0.1, -0.05) is 6.07 Å². The van der Waals surface area contributed by atoms with Crippen molar-refractivity contribution in [3.05, 3.63) is 30.1 Å². The molecule has 3 rings (SSSR count). The van der Waals surface area contributed by atoms with Crippen LogP contribution in [0.5, 0.6) is 0 Å². The zero-order valence-corrected chi connectivity index (χ0v) is 13.3. The lowest BCUT2D eigenvalue weighted by molar-refractivity contribution is -0.126. The number of nitrogens with zero attached hydrogens (tertiary/aromatic N) is 3. The van der Waals surface area contributed by atoms with E-state index in [9.17, 15) is 18.0 Å². The Morgan fingerprint density at radius 3 is 2.92 bits per heavy atom. The van der Waals surface area contributed by atoms with Crippen LogP contribution in [-0.2, 0) is 26.0 Å². The number of nitrogens with one attached hydrogen (secondary N) is 1. The van der Waals surface area contributed by atoms with Crippen molar-refractivity contribution in [2.24, 2.45) is 0 Å². The minimum atomic E-state index is -4.79. The number of pyridine rings is 1. The fourth-order valence-corrected chi connectivity index (χ4v) is 3.30. The molecule has 0 radical (unpaired) electrons. The highest BCUT2D eigenvalue weighted by atomic mass is 32.3. The van der Waals surface area contributed by atoms with Gasteiger partial charge in [-0.3, -0.25) is 14.3 Å². The summed E-state index contributed by atoms with van der Waals surface area (Å²) in [5, 5.41) is 3.35. The first-order valence-corrected chi connectivity index (χ1v) is 8.65. The van der Waals surface area contributed by atoms with Gasteiger partial charge in [0.05, 0.1) is 6.04 Å². The summed E-state index contributed by atoms with van der Waals surface area (Å²) in [5.74, 6) is -0.334. The second-order valence-electron chi connectivity index (χ2n) is 5.59. The van der Waals surface area contributed by atoms with Crippen molar-refractivity contribution in [1.29, 1.82) is 0 Å². The molecule has 2 fully saturated rings. The third-order valence-corrected chi connectivity index (χ3v) is 4.34. The van der Waals surface area contributed by atoms with Gasteiger partial charge in [0.1, 0.15) is 6.04 Å². The molecule has 2 N–H and O–H groups in total. The molecule has 2 aliphatic heterocycles. The molecule has 130 valence electrons. The van der Waals surface area contributed by atoms with E-state index in [0.29, 0.717) is 17.9 Å². The average Bonchev–Trinajstić information content (AvgIpc) is 2.77. The lowest BCUT2D eigenvalue weighted by Gasteiger charge is -2.29. The first kappa shape index (κ1) is 16.6. The average molecular weight is 356 g/mol. The van der Waals surface area contributed by atoms with Gasteiger partial charge < -0.3 is 10.2 Å². The van der Waals surface area contributed by atoms with E-state index in [4.69, 9.17) is 4.55 Å². The fourth-order valence-electron chi connectivity index (χ4n) is 2.91. The van der Waals surface area contributed by atoms with Gasteiger partial charge in [-0.15, -0.1) is 4.28 Å². The molecule has 24 heavy (non-hydrogen) atoms. The van der Waals surface area contributed by atoms with Gasteiger partial charge in [0.25, 0.3) is 0 Å². The quantitative estimate of drug-likeness (QED) is 0.693. The summed E-state index contributed by atoms with van der Waals surface area (Å²) in [6.07, 6.45) is 4.02. The monoisotopic (exact) mass is 356 g/mol. The molecular weight excluding hydrogens is 340 g/mol. The number of urea groups is 1. The summed E-state index contributed by atoms with van der Waals surface area (Å²) in [4.78, 5) is 29.8. The summed E-state index contributed by atoms with van der Waals surface area (Å²) < 4.78 is 34.7. The topological polar surface area (TPSA) is 129 Å². The largest absolute Gasteiger partial charge is 0.418 e. The molecule has 0 aromatic carbocycles. The van der Waals surface area contributed by atoms with Gasteiger partial charge in [0.2, 0.25) is 5.91 Å². The van der Waals surface area contributed by atoms with Crippen molar-refractivity contribution in [3.8, 4) is 0 Å². The van der Waals surface area contributed by atoms with Crippen LogP contribution in [0.25, 0.3) is 0 Å². The zero-order chi connectivity index (χ0) is 17.3. The maximum Gasteiger partial charge on any atom is 0.418 e. The Morgan fingerprint density at radius 2 is 2.25 bits per heavy atom. The molecule has 1 aromatic heterocycles. The number of hydrogen-bond acceptors (Lipinski definition) is 6. The summed E-state index contributed by atoms with van der Waals surface area (Å²) >= 11 is 0. The van der Waals surface area contributed by atoms with Gasteiger partial charge >= 0.3 is 16.4 Å². The van der Waals surface area contributed by atoms with E-state index >= 15 is 0 Å². The SMILES string of the molecule is O=C(NCc1cccnc1)[C@H]1CC[C@H]2CN1C(=O)N2OS(=O)(=O)O. The highest BCUT2D eigenvalue weighted by Gasteiger charge is 2.49. The number of carbonyl (C=O) groups is 2. The predicted molar refractivity (Wildman–Crippen MR) is 79.5 cm³/mol. The van der Waals surface area contributed by atoms with Crippen molar-refractivity contribution in [3.63, 3.8) is 0 Å². The lowest BCUT2D eigenvalue weighted by atomic mass is 10.0. The van der Waals surface area contributed by atoms with E-state index < -0.39 is 28.5 Å². The number of piperidine rings is 1. The molecule has 10 nitrogen and oxygen atoms in total. The maximum absolute atomic E-state index is 12.3. The Balaban J connectivity index is 1.64. The zero-order valence-electron chi connectivity index (χ0n) is 12.5. The molecule has 2 aliphatic rings. The van der Waals surface area contributed by atoms with E-state index in [1.807, 2.05) is 6.07 Å². The number of amides is 3. The Kier molecular flexibility index (Phi) is 4.39. The fraction of sp³-hybridized carbons (Fsp3) is 0.462. The normalized spacial score (nSPS) is 23.5. The van der Waals surface area contributed by atoms with Gasteiger partial charge in [-0.2, -0.15) is 13.5 Å². The number of fused-ring (bicyclic) bond motifs is 2. The van der Waals surface area contributed by atoms with Crippen LogP contribution in [0.1, 0.15) is 18.4 Å². The Morgan fingerprint density at radius 1 is 1.46 bits per heavy atom. The smallest absolute Gasteiger partial charge is 0.350 e. The van der Waals surface area contributed by atoms with Crippen molar-refractivity contribution in [2.75, 3.05) is 6.54 Å². The summed E-state index contributed by atoms with van der Waals surface area (Å²) in [5.41, 5.74) is 0.823. The number of carbonyl (C=O) groups excluding carboxylic acids is 2. The summed E-state index contributed by atoms with van der Waals surface area (Å²) in [6.45, 7) is 0.444. The van der Waals surface area contributed by atoms with Gasteiger partial charge in [0.15, 0.2) is 0 Å². The first-order valence-electron chi connectivity index (χ1n) is 7.28. The molecule has 11 heteroatoms. The van der Waals surface area contributed by atoms with E-state index in [1.165, 1.54) is 4.90 Å². The number of aromatic nitrogens is 1. The van der Waals surface area contributed by atoms with Crippen LogP contribution >= 0.6 is 0 Å². The molecule has 3 amide bonds. The molecular formula is C13H16N4O6S. The van der Waals surface area contributed by atoms with Gasteiger partial charge in [0, 0.05) is 25.5 Å². The third kappa shape index (κ3) is 3.47. The van der Waals surface area contributed by atoms with Gasteiger partial charge in [-0.05, 0) is 24.5 Å². The van der Waals surface area contributed by atoms with E-state index in [0.717, 1.165) is 5.56 Å². The van der Waals surface area contributed by atoms with Crippen molar-refractivity contribution >= 4 is 22.3 Å². The predicted octanol–water partition coefficient (Wildman–Crippen LogP) is -0.299. The number of hydrogen-bond donors (Lipinski definition) is 2. The number of hydroxylamine groups is 2. The molecule has 0 spiro atoms. The van der Waals surface area contributed by atoms with Gasteiger partial charge in [-0.25, -0.2) is 4.79 Å². The summed E-state index contributed by atoms with van der Waals surface area (Å²) in [7, 11) is -4.79. The standard InChI is InChI=1S/C13H16N4O6S/c18-12(15-7-9-2-1-5-14-6-9)11-4-3-10-8-16(11)13(19)17(10)23-24(20,21)22/h1-2,5-6,10-11H,3-4,7-8H2,(H,15,18)(H,20,21,22)/t10-,11+/m0/s1. The molecule has 3 heterocycles. The molecule has 0 unspecified atom stereocenters. The van der Waals surface area contributed by atoms with Crippen LogP contribution in [0.15, 0.2) is 24.5 Å². The van der Waals surface area contributed by atoms with E-state index in [2.05, 4.69) is 14.6 Å². The molecule has 2 atom stereocenters. The molecule has 1 aromatic rings. The Labute approximate surface area is 138 Å². The highest BCUT2D eigenvalue weighted by Crippen LogP contribution is 2.30. The second kappa shape index (κ2) is 6.34. The number of rotatable bonds is 5. The van der Waals surface area contributed by atoms with E-state index in [-0.39, 0.29) is 19.0 Å². The third-order valence-electron chi connectivity index (χ3n) is 3.99. The molecule has 2 saturated heterocycles. The van der Waals surface area contributed by atoms with Crippen LogP contribution in [0.3, 0.4) is 0 Å². The van der Waals surface area contributed by atoms with Crippen LogP contribution in [0, 0.1) is 0 Å². The highest BCUT2D eigenvalue weighted by molar-refractivity contribution is 7.80. The first-order chi connectivity index (χ1) is 11.3. The molecule has 0 saturated carbocycles. The van der Waals surface area contributed by atoms with Crippen LogP contribution in [-0.4, -0.2) is 58.5 Å². The lowest BCUT2D eigenvalue weighted by Crippen LogP contribution is -2.49. The van der Waals surface area contributed by atoms with Crippen molar-refractivity contribution in [1.82, 2.24) is 20.3 Å². The minimum Gasteiger partial charge on any atom is -0.350 e. The van der Waals surface area contributed by atoms with Crippen LogP contribution in [0.2, 0.25) is 0 Å². The van der Waals surface area contributed by atoms with Crippen LogP contribution < -0.4 is 5.32 Å². The molecule has 2 bridgehead atoms. The van der Waals surface area contributed by atoms with Crippen molar-refractivity contribution < 1.29 is 26.8 Å². The Bertz CT molecular complexity index is 740. The summed E-state index contributed by atoms with van der Waals surface area (Å²) in [6, 6.07) is 1.59. The van der Waals surface area contributed by atoms with Crippen molar-refractivity contribution in [2.45, 2.75) is 31.5 Å². The molecule has 0 aliphatic carbocycles. The van der Waals surface area contributed by atoms with Crippen LogP contribution in [0.4, 0.5) is 4.79 Å². The second-order valence-corrected chi connectivity index (χ2v) is 6.59. The minimum absolute atomic E-state index is 0.166. The Hall–Kier alpha value is -2.24. The maximum atomic E-state index is 12.3.